The Morgan fingerprint density at radius 2 is 1.72 bits per heavy atom. The number of ether oxygens (including phenoxy) is 1. The van der Waals surface area contributed by atoms with Gasteiger partial charge in [0.2, 0.25) is 17.5 Å². The van der Waals surface area contributed by atoms with Crippen LogP contribution in [0.2, 0.25) is 10.0 Å². The molecular formula is C23H13Cl2F4N3O3S. The lowest BCUT2D eigenvalue weighted by molar-refractivity contribution is 0.0966. The standard InChI is InChI=1S/C23H13Cl2F4N3O3S/c1-8-3-4-9(22-30-13-7-10(24)6-11(25)19(13)35-22)5-12(8)31-23(36)32-21(33)14-15(26)17(28)20(34-2)18(29)16(14)27/h3-7H,1-2H3,(H2,31,32,33,36). The van der Waals surface area contributed by atoms with Gasteiger partial charge in [-0.1, -0.05) is 29.3 Å². The smallest absolute Gasteiger partial charge is 0.263 e. The number of fused-ring (bicyclic) bond motifs is 1. The normalized spacial score (nSPS) is 11.0. The van der Waals surface area contributed by atoms with Crippen LogP contribution >= 0.6 is 35.4 Å². The molecule has 3 aromatic carbocycles. The Morgan fingerprint density at radius 3 is 2.36 bits per heavy atom. The largest absolute Gasteiger partial charge is 0.491 e. The van der Waals surface area contributed by atoms with Crippen molar-refractivity contribution < 1.29 is 31.5 Å². The van der Waals surface area contributed by atoms with Gasteiger partial charge in [-0.3, -0.25) is 10.1 Å². The second-order valence-corrected chi connectivity index (χ2v) is 8.61. The number of aromatic nitrogens is 1. The van der Waals surface area contributed by atoms with Crippen molar-refractivity contribution in [2.75, 3.05) is 12.4 Å². The molecule has 2 N–H and O–H groups in total. The fraction of sp³-hybridized carbons (Fsp3) is 0.0870. The van der Waals surface area contributed by atoms with Crippen LogP contribution in [0.25, 0.3) is 22.6 Å². The van der Waals surface area contributed by atoms with Gasteiger partial charge in [-0.15, -0.1) is 0 Å². The van der Waals surface area contributed by atoms with Gasteiger partial charge in [0.25, 0.3) is 5.91 Å². The highest BCUT2D eigenvalue weighted by atomic mass is 35.5. The van der Waals surface area contributed by atoms with Gasteiger partial charge in [-0.2, -0.15) is 8.78 Å². The van der Waals surface area contributed by atoms with Crippen molar-refractivity contribution in [2.45, 2.75) is 6.92 Å². The lowest BCUT2D eigenvalue weighted by Crippen LogP contribution is -2.35. The molecule has 0 saturated carbocycles. The monoisotopic (exact) mass is 557 g/mol. The average Bonchev–Trinajstić information content (AvgIpc) is 3.24. The van der Waals surface area contributed by atoms with Crippen molar-refractivity contribution in [1.82, 2.24) is 10.3 Å². The molecule has 0 unspecified atom stereocenters. The lowest BCUT2D eigenvalue weighted by atomic mass is 10.1. The number of hydrogen-bond donors (Lipinski definition) is 2. The zero-order valence-electron chi connectivity index (χ0n) is 18.2. The van der Waals surface area contributed by atoms with Gasteiger partial charge >= 0.3 is 0 Å². The van der Waals surface area contributed by atoms with Crippen LogP contribution in [0, 0.1) is 30.2 Å². The minimum Gasteiger partial charge on any atom is -0.491 e. The molecule has 4 aromatic rings. The Kier molecular flexibility index (Phi) is 7.07. The van der Waals surface area contributed by atoms with E-state index in [1.165, 1.54) is 6.07 Å². The fourth-order valence-electron chi connectivity index (χ4n) is 3.28. The van der Waals surface area contributed by atoms with Crippen molar-refractivity contribution in [3.8, 4) is 17.2 Å². The number of halogens is 6. The van der Waals surface area contributed by atoms with Gasteiger partial charge in [0.1, 0.15) is 11.1 Å². The Labute approximate surface area is 216 Å². The number of oxazole rings is 1. The third-order valence-corrected chi connectivity index (χ3v) is 5.73. The first-order chi connectivity index (χ1) is 17.0. The van der Waals surface area contributed by atoms with Gasteiger partial charge < -0.3 is 14.5 Å². The molecule has 0 aliphatic heterocycles. The van der Waals surface area contributed by atoms with Gasteiger partial charge in [-0.25, -0.2) is 13.8 Å². The third kappa shape index (κ3) is 4.69. The molecule has 1 amide bonds. The maximum Gasteiger partial charge on any atom is 0.263 e. The molecule has 0 aliphatic carbocycles. The van der Waals surface area contributed by atoms with Crippen LogP contribution < -0.4 is 15.4 Å². The van der Waals surface area contributed by atoms with E-state index in [1.54, 1.807) is 31.2 Å². The Bertz CT molecular complexity index is 1530. The third-order valence-electron chi connectivity index (χ3n) is 5.02. The summed E-state index contributed by atoms with van der Waals surface area (Å²) in [4.78, 5) is 16.7. The van der Waals surface area contributed by atoms with E-state index in [0.717, 1.165) is 7.11 Å². The van der Waals surface area contributed by atoms with Crippen LogP contribution in [0.15, 0.2) is 34.7 Å². The first kappa shape index (κ1) is 25.7. The molecule has 0 bridgehead atoms. The molecule has 0 fully saturated rings. The summed E-state index contributed by atoms with van der Waals surface area (Å²) in [5.41, 5.74) is 0.795. The lowest BCUT2D eigenvalue weighted by Gasteiger charge is -2.14. The predicted molar refractivity (Wildman–Crippen MR) is 131 cm³/mol. The van der Waals surface area contributed by atoms with Crippen LogP contribution in [0.5, 0.6) is 5.75 Å². The topological polar surface area (TPSA) is 76.4 Å². The average molecular weight is 558 g/mol. The Morgan fingerprint density at radius 1 is 1.06 bits per heavy atom. The molecule has 1 heterocycles. The van der Waals surface area contributed by atoms with Crippen molar-refractivity contribution in [3.05, 3.63) is 74.8 Å². The van der Waals surface area contributed by atoms with Crippen molar-refractivity contribution in [3.63, 3.8) is 0 Å². The first-order valence-corrected chi connectivity index (χ1v) is 11.1. The first-order valence-electron chi connectivity index (χ1n) is 9.90. The molecule has 0 spiro atoms. The number of anilines is 1. The SMILES string of the molecule is COc1c(F)c(F)c(C(=O)NC(=S)Nc2cc(-c3nc4cc(Cl)cc(Cl)c4o3)ccc2C)c(F)c1F. The van der Waals surface area contributed by atoms with Crippen LogP contribution in [0.3, 0.4) is 0 Å². The number of amides is 1. The maximum absolute atomic E-state index is 14.2. The number of nitrogens with one attached hydrogen (secondary N) is 2. The van der Waals surface area contributed by atoms with E-state index >= 15 is 0 Å². The Hall–Kier alpha value is -3.41. The second-order valence-electron chi connectivity index (χ2n) is 7.36. The summed E-state index contributed by atoms with van der Waals surface area (Å²) < 4.78 is 66.4. The number of methoxy groups -OCH3 is 1. The van der Waals surface area contributed by atoms with E-state index in [9.17, 15) is 22.4 Å². The quantitative estimate of drug-likeness (QED) is 0.163. The van der Waals surface area contributed by atoms with E-state index in [1.807, 2.05) is 5.32 Å². The summed E-state index contributed by atoms with van der Waals surface area (Å²) in [6.45, 7) is 1.72. The molecule has 0 saturated heterocycles. The zero-order chi connectivity index (χ0) is 26.3. The van der Waals surface area contributed by atoms with Gasteiger partial charge in [0.05, 0.1) is 12.1 Å². The number of nitrogens with zero attached hydrogens (tertiary/aromatic N) is 1. The highest BCUT2D eigenvalue weighted by Gasteiger charge is 2.30. The molecule has 13 heteroatoms. The van der Waals surface area contributed by atoms with Crippen molar-refractivity contribution in [2.24, 2.45) is 0 Å². The van der Waals surface area contributed by atoms with Crippen LogP contribution in [0.4, 0.5) is 23.2 Å². The molecule has 1 aromatic heterocycles. The zero-order valence-corrected chi connectivity index (χ0v) is 20.6. The van der Waals surface area contributed by atoms with Crippen LogP contribution in [-0.2, 0) is 0 Å². The molecule has 0 atom stereocenters. The fourth-order valence-corrected chi connectivity index (χ4v) is 4.01. The highest BCUT2D eigenvalue weighted by molar-refractivity contribution is 7.80. The molecule has 4 rings (SSSR count). The van der Waals surface area contributed by atoms with E-state index in [2.05, 4.69) is 15.0 Å². The number of hydrogen-bond acceptors (Lipinski definition) is 5. The summed E-state index contributed by atoms with van der Waals surface area (Å²) in [5.74, 6) is -10.2. The molecule has 6 nitrogen and oxygen atoms in total. The minimum atomic E-state index is -1.93. The van der Waals surface area contributed by atoms with Crippen molar-refractivity contribution >= 4 is 63.2 Å². The summed E-state index contributed by atoms with van der Waals surface area (Å²) in [5, 5.41) is 4.94. The van der Waals surface area contributed by atoms with Crippen LogP contribution in [-0.4, -0.2) is 23.1 Å². The number of carbonyl (C=O) groups is 1. The Balaban J connectivity index is 1.59. The van der Waals surface area contributed by atoms with E-state index in [0.29, 0.717) is 32.9 Å². The minimum absolute atomic E-state index is 0.209. The highest BCUT2D eigenvalue weighted by Crippen LogP contribution is 2.33. The van der Waals surface area contributed by atoms with E-state index < -0.39 is 45.6 Å². The predicted octanol–water partition coefficient (Wildman–Crippen LogP) is 6.80. The van der Waals surface area contributed by atoms with E-state index in [4.69, 9.17) is 39.8 Å². The van der Waals surface area contributed by atoms with Crippen molar-refractivity contribution in [1.29, 1.82) is 0 Å². The summed E-state index contributed by atoms with van der Waals surface area (Å²) in [7, 11) is 0.820. The molecule has 36 heavy (non-hydrogen) atoms. The summed E-state index contributed by atoms with van der Waals surface area (Å²) in [6.07, 6.45) is 0. The summed E-state index contributed by atoms with van der Waals surface area (Å²) in [6, 6.07) is 8.07. The number of carbonyl (C=O) groups excluding carboxylic acids is 1. The molecule has 0 aliphatic rings. The van der Waals surface area contributed by atoms with Gasteiger partial charge in [0, 0.05) is 16.3 Å². The van der Waals surface area contributed by atoms with Gasteiger partial charge in [0.15, 0.2) is 28.1 Å². The second kappa shape index (κ2) is 9.92. The van der Waals surface area contributed by atoms with E-state index in [-0.39, 0.29) is 10.9 Å². The number of aryl methyl sites for hydroxylation is 1. The number of rotatable bonds is 4. The maximum atomic E-state index is 14.2. The van der Waals surface area contributed by atoms with Crippen LogP contribution in [0.1, 0.15) is 15.9 Å². The molecule has 0 radical (unpaired) electrons. The summed E-state index contributed by atoms with van der Waals surface area (Å²) >= 11 is 17.2. The molecular weight excluding hydrogens is 545 g/mol. The van der Waals surface area contributed by atoms with Gasteiger partial charge in [-0.05, 0) is 49.0 Å². The molecule has 186 valence electrons. The number of thiocarbonyl (C=S) groups is 1. The number of benzene rings is 3.